The van der Waals surface area contributed by atoms with Crippen LogP contribution in [0.2, 0.25) is 0 Å². The predicted molar refractivity (Wildman–Crippen MR) is 163 cm³/mol. The number of aromatic nitrogens is 8. The maximum Gasteiger partial charge on any atom is 0.260 e. The van der Waals surface area contributed by atoms with Gasteiger partial charge in [0.2, 0.25) is 5.95 Å². The van der Waals surface area contributed by atoms with Crippen molar-refractivity contribution in [1.82, 2.24) is 45.0 Å². The number of thiazole rings is 1. The maximum absolute atomic E-state index is 14.2. The van der Waals surface area contributed by atoms with Crippen molar-refractivity contribution < 1.29 is 0 Å². The summed E-state index contributed by atoms with van der Waals surface area (Å²) in [5, 5.41) is 22.2. The van der Waals surface area contributed by atoms with Crippen LogP contribution in [-0.4, -0.2) is 52.8 Å². The number of nitrogens with zero attached hydrogens (tertiary/aromatic N) is 8. The number of rotatable bonds is 7. The van der Waals surface area contributed by atoms with E-state index in [0.29, 0.717) is 28.9 Å². The van der Waals surface area contributed by atoms with E-state index in [-0.39, 0.29) is 12.1 Å². The van der Waals surface area contributed by atoms with Crippen molar-refractivity contribution in [2.45, 2.75) is 25.3 Å². The second-order valence-corrected chi connectivity index (χ2v) is 11.3. The Hall–Kier alpha value is -4.81. The Bertz CT molecular complexity index is 1910. The van der Waals surface area contributed by atoms with Crippen molar-refractivity contribution in [3.63, 3.8) is 0 Å². The summed E-state index contributed by atoms with van der Waals surface area (Å²) in [6, 6.07) is 17.9. The van der Waals surface area contributed by atoms with Gasteiger partial charge >= 0.3 is 0 Å². The molecule has 1 unspecified atom stereocenters. The number of benzene rings is 2. The normalized spacial score (nSPS) is 15.2. The van der Waals surface area contributed by atoms with Crippen molar-refractivity contribution in [3.05, 3.63) is 93.3 Å². The fourth-order valence-corrected chi connectivity index (χ4v) is 6.10. The number of anilines is 2. The second-order valence-electron chi connectivity index (χ2n) is 10.3. The SMILES string of the molecule is Cn1nnnc1-c1ccccc1-c1cc2cnc(Nc3ccc(C4CCCNC4)cc3)nc2n(Cc2nccs2)c1=O. The quantitative estimate of drug-likeness (QED) is 0.285. The van der Waals surface area contributed by atoms with Crippen LogP contribution in [0.25, 0.3) is 33.5 Å². The molecule has 12 heteroatoms. The van der Waals surface area contributed by atoms with Crippen molar-refractivity contribution >= 4 is 34.0 Å². The number of nitrogens with one attached hydrogen (secondary N) is 2. The van der Waals surface area contributed by atoms with Gasteiger partial charge in [0.25, 0.3) is 5.56 Å². The first kappa shape index (κ1) is 26.1. The van der Waals surface area contributed by atoms with Gasteiger partial charge in [0, 0.05) is 53.6 Å². The van der Waals surface area contributed by atoms with Crippen LogP contribution in [0, 0.1) is 0 Å². The summed E-state index contributed by atoms with van der Waals surface area (Å²) in [4.78, 5) is 28.0. The van der Waals surface area contributed by atoms with Gasteiger partial charge in [-0.15, -0.1) is 16.4 Å². The molecular weight excluding hydrogens is 548 g/mol. The van der Waals surface area contributed by atoms with Gasteiger partial charge in [-0.1, -0.05) is 36.4 Å². The Morgan fingerprint density at radius 3 is 2.67 bits per heavy atom. The molecule has 0 spiro atoms. The van der Waals surface area contributed by atoms with E-state index in [1.54, 1.807) is 28.7 Å². The van der Waals surface area contributed by atoms with E-state index in [1.807, 2.05) is 35.7 Å². The van der Waals surface area contributed by atoms with Gasteiger partial charge in [0.15, 0.2) is 5.82 Å². The lowest BCUT2D eigenvalue weighted by molar-refractivity contribution is 0.461. The topological polar surface area (TPSA) is 128 Å². The molecule has 1 aliphatic rings. The summed E-state index contributed by atoms with van der Waals surface area (Å²) in [7, 11) is 1.77. The fourth-order valence-electron chi connectivity index (χ4n) is 5.50. The summed E-state index contributed by atoms with van der Waals surface area (Å²) in [6.07, 6.45) is 5.89. The molecule has 1 saturated heterocycles. The highest BCUT2D eigenvalue weighted by Crippen LogP contribution is 2.31. The van der Waals surface area contributed by atoms with Gasteiger partial charge in [0.1, 0.15) is 10.7 Å². The third-order valence-corrected chi connectivity index (χ3v) is 8.38. The van der Waals surface area contributed by atoms with E-state index in [4.69, 9.17) is 4.98 Å². The number of hydrogen-bond donors (Lipinski definition) is 2. The van der Waals surface area contributed by atoms with Gasteiger partial charge in [-0.3, -0.25) is 9.36 Å². The smallest absolute Gasteiger partial charge is 0.260 e. The first-order chi connectivity index (χ1) is 20.6. The summed E-state index contributed by atoms with van der Waals surface area (Å²) < 4.78 is 3.26. The molecular formula is C30H28N10OS. The lowest BCUT2D eigenvalue weighted by Gasteiger charge is -2.23. The first-order valence-corrected chi connectivity index (χ1v) is 14.7. The molecule has 11 nitrogen and oxygen atoms in total. The highest BCUT2D eigenvalue weighted by Gasteiger charge is 2.20. The van der Waals surface area contributed by atoms with Crippen LogP contribution < -0.4 is 16.2 Å². The van der Waals surface area contributed by atoms with E-state index in [1.165, 1.54) is 29.7 Å². The van der Waals surface area contributed by atoms with Crippen molar-refractivity contribution in [2.24, 2.45) is 7.05 Å². The van der Waals surface area contributed by atoms with Gasteiger partial charge < -0.3 is 10.6 Å². The molecule has 7 rings (SSSR count). The predicted octanol–water partition coefficient (Wildman–Crippen LogP) is 4.36. The summed E-state index contributed by atoms with van der Waals surface area (Å²) >= 11 is 1.50. The largest absolute Gasteiger partial charge is 0.324 e. The minimum atomic E-state index is -0.185. The molecule has 0 amide bonds. The van der Waals surface area contributed by atoms with Crippen LogP contribution in [0.1, 0.15) is 29.3 Å². The fraction of sp³-hybridized carbons (Fsp3) is 0.233. The van der Waals surface area contributed by atoms with Gasteiger partial charge in [-0.25, -0.2) is 14.6 Å². The van der Waals surface area contributed by atoms with Gasteiger partial charge in [-0.2, -0.15) is 4.98 Å². The van der Waals surface area contributed by atoms with Crippen molar-refractivity contribution in [3.8, 4) is 22.5 Å². The number of fused-ring (bicyclic) bond motifs is 1. The van der Waals surface area contributed by atoms with E-state index in [0.717, 1.165) is 40.3 Å². The molecule has 1 fully saturated rings. The van der Waals surface area contributed by atoms with Crippen LogP contribution in [0.5, 0.6) is 0 Å². The zero-order valence-corrected chi connectivity index (χ0v) is 23.8. The van der Waals surface area contributed by atoms with Crippen LogP contribution in [0.4, 0.5) is 11.6 Å². The van der Waals surface area contributed by atoms with Gasteiger partial charge in [0.05, 0.1) is 6.54 Å². The zero-order chi connectivity index (χ0) is 28.5. The average Bonchev–Trinajstić information content (AvgIpc) is 3.71. The molecule has 1 atom stereocenters. The molecule has 0 radical (unpaired) electrons. The van der Waals surface area contributed by atoms with Crippen LogP contribution >= 0.6 is 11.3 Å². The van der Waals surface area contributed by atoms with E-state index >= 15 is 0 Å². The molecule has 210 valence electrons. The van der Waals surface area contributed by atoms with E-state index in [2.05, 4.69) is 60.4 Å². The lowest BCUT2D eigenvalue weighted by Crippen LogP contribution is -2.28. The molecule has 0 saturated carbocycles. The summed E-state index contributed by atoms with van der Waals surface area (Å²) in [5.74, 6) is 1.52. The Labute approximate surface area is 245 Å². The molecule has 42 heavy (non-hydrogen) atoms. The van der Waals surface area contributed by atoms with Gasteiger partial charge in [-0.05, 0) is 65.1 Å². The molecule has 2 aromatic carbocycles. The summed E-state index contributed by atoms with van der Waals surface area (Å²) in [6.45, 7) is 2.39. The van der Waals surface area contributed by atoms with E-state index < -0.39 is 0 Å². The number of aryl methyl sites for hydroxylation is 1. The molecule has 2 N–H and O–H groups in total. The number of tetrazole rings is 1. The molecule has 0 aliphatic carbocycles. The third-order valence-electron chi connectivity index (χ3n) is 7.62. The zero-order valence-electron chi connectivity index (χ0n) is 22.9. The van der Waals surface area contributed by atoms with Crippen molar-refractivity contribution in [2.75, 3.05) is 18.4 Å². The monoisotopic (exact) mass is 576 g/mol. The minimum absolute atomic E-state index is 0.185. The minimum Gasteiger partial charge on any atom is -0.324 e. The summed E-state index contributed by atoms with van der Waals surface area (Å²) in [5.41, 5.74) is 4.55. The molecule has 1 aliphatic heterocycles. The second kappa shape index (κ2) is 11.2. The molecule has 5 heterocycles. The standard InChI is InChI=1S/C30H28N10OS/c1-39-28(36-37-38-39)24-7-3-2-6-23(24)25-15-21-17-33-30(35-27(21)40(29(25)41)18-26-32-13-14-42-26)34-22-10-8-19(9-11-22)20-5-4-12-31-16-20/h2-3,6-11,13-15,17,20,31H,4-5,12,16,18H2,1H3,(H,33,34,35). The molecule has 6 aromatic rings. The van der Waals surface area contributed by atoms with Crippen LogP contribution in [-0.2, 0) is 13.6 Å². The van der Waals surface area contributed by atoms with Crippen LogP contribution in [0.15, 0.2) is 77.2 Å². The average molecular weight is 577 g/mol. The van der Waals surface area contributed by atoms with Crippen LogP contribution in [0.3, 0.4) is 0 Å². The Morgan fingerprint density at radius 1 is 1.07 bits per heavy atom. The molecule has 4 aromatic heterocycles. The Morgan fingerprint density at radius 2 is 1.93 bits per heavy atom. The number of piperidine rings is 1. The van der Waals surface area contributed by atoms with E-state index in [9.17, 15) is 4.79 Å². The number of pyridine rings is 1. The highest BCUT2D eigenvalue weighted by molar-refractivity contribution is 7.09. The number of hydrogen-bond acceptors (Lipinski definition) is 10. The first-order valence-electron chi connectivity index (χ1n) is 13.8. The maximum atomic E-state index is 14.2. The molecule has 0 bridgehead atoms. The van der Waals surface area contributed by atoms with Crippen molar-refractivity contribution in [1.29, 1.82) is 0 Å². The lowest BCUT2D eigenvalue weighted by atomic mass is 9.92. The third kappa shape index (κ3) is 5.06. The highest BCUT2D eigenvalue weighted by atomic mass is 32.1. The Kier molecular flexibility index (Phi) is 6.98. The Balaban J connectivity index is 1.29.